The molecule has 6 nitrogen and oxygen atoms in total. The van der Waals surface area contributed by atoms with Crippen LogP contribution in [-0.4, -0.2) is 35.8 Å². The van der Waals surface area contributed by atoms with Crippen LogP contribution in [0.2, 0.25) is 0 Å². The third-order valence-electron chi connectivity index (χ3n) is 2.93. The first-order valence-corrected chi connectivity index (χ1v) is 5.81. The van der Waals surface area contributed by atoms with Crippen molar-refractivity contribution in [2.24, 2.45) is 0 Å². The molecule has 0 bridgehead atoms. The molecular formula is C12H14N2O4. The second-order valence-electron chi connectivity index (χ2n) is 4.06. The van der Waals surface area contributed by atoms with Crippen molar-refractivity contribution in [3.8, 4) is 0 Å². The number of hydrogen-bond donors (Lipinski definition) is 1. The highest BCUT2D eigenvalue weighted by atomic mass is 16.4. The lowest BCUT2D eigenvalue weighted by Gasteiger charge is -2.34. The van der Waals surface area contributed by atoms with Gasteiger partial charge in [-0.2, -0.15) is 0 Å². The van der Waals surface area contributed by atoms with Crippen LogP contribution < -0.4 is 10.9 Å². The van der Waals surface area contributed by atoms with E-state index in [2.05, 4.69) is 9.73 Å². The van der Waals surface area contributed by atoms with Gasteiger partial charge in [-0.25, -0.2) is 4.79 Å². The molecule has 2 amide bonds. The van der Waals surface area contributed by atoms with Crippen molar-refractivity contribution in [3.63, 3.8) is 0 Å². The number of nitrogens with one attached hydrogen (secondary N) is 1. The largest absolute Gasteiger partial charge is 0.430 e. The number of carbonyl (C=O) groups excluding carboxylic acids is 2. The fourth-order valence-electron chi connectivity index (χ4n) is 2.01. The first-order chi connectivity index (χ1) is 8.63. The third-order valence-corrected chi connectivity index (χ3v) is 2.93. The topological polar surface area (TPSA) is 79.6 Å². The number of piperazine rings is 1. The number of nitrogens with zero attached hydrogens (tertiary/aromatic N) is 1. The summed E-state index contributed by atoms with van der Waals surface area (Å²) in [5.74, 6) is -0.435. The van der Waals surface area contributed by atoms with E-state index >= 15 is 0 Å². The van der Waals surface area contributed by atoms with Gasteiger partial charge in [0.25, 0.3) is 5.91 Å². The second-order valence-corrected chi connectivity index (χ2v) is 4.06. The van der Waals surface area contributed by atoms with Gasteiger partial charge in [0.15, 0.2) is 0 Å². The van der Waals surface area contributed by atoms with E-state index in [0.29, 0.717) is 19.5 Å². The van der Waals surface area contributed by atoms with E-state index in [1.807, 2.05) is 6.92 Å². The van der Waals surface area contributed by atoms with E-state index < -0.39 is 11.7 Å². The van der Waals surface area contributed by atoms with Crippen LogP contribution in [-0.2, 0) is 4.79 Å². The molecule has 1 aromatic heterocycles. The van der Waals surface area contributed by atoms with E-state index in [4.69, 9.17) is 0 Å². The van der Waals surface area contributed by atoms with Gasteiger partial charge in [0, 0.05) is 19.2 Å². The van der Waals surface area contributed by atoms with Crippen LogP contribution in [0.15, 0.2) is 27.6 Å². The molecule has 18 heavy (non-hydrogen) atoms. The Bertz CT molecular complexity index is 503. The predicted molar refractivity (Wildman–Crippen MR) is 63.1 cm³/mol. The number of carbonyl (C=O) groups is 2. The molecule has 1 fully saturated rings. The lowest BCUT2D eigenvalue weighted by Crippen LogP contribution is -2.56. The molecule has 0 radical (unpaired) electrons. The summed E-state index contributed by atoms with van der Waals surface area (Å²) in [6.45, 7) is 2.75. The van der Waals surface area contributed by atoms with E-state index in [9.17, 15) is 14.4 Å². The first-order valence-electron chi connectivity index (χ1n) is 5.81. The maximum atomic E-state index is 12.2. The molecule has 1 saturated heterocycles. The van der Waals surface area contributed by atoms with Crippen molar-refractivity contribution in [1.29, 1.82) is 0 Å². The summed E-state index contributed by atoms with van der Waals surface area (Å²) < 4.78 is 4.66. The Kier molecular flexibility index (Phi) is 3.45. The van der Waals surface area contributed by atoms with E-state index in [-0.39, 0.29) is 17.4 Å². The van der Waals surface area contributed by atoms with Gasteiger partial charge in [0.05, 0.1) is 5.56 Å². The summed E-state index contributed by atoms with van der Waals surface area (Å²) in [5, 5.41) is 2.72. The van der Waals surface area contributed by atoms with E-state index in [1.54, 1.807) is 0 Å². The summed E-state index contributed by atoms with van der Waals surface area (Å²) in [6, 6.07) is 2.14. The molecule has 0 aliphatic carbocycles. The highest BCUT2D eigenvalue weighted by Gasteiger charge is 2.32. The lowest BCUT2D eigenvalue weighted by atomic mass is 10.1. The predicted octanol–water partition coefficient (Wildman–Crippen LogP) is -0.00960. The number of rotatable bonds is 2. The van der Waals surface area contributed by atoms with Crippen LogP contribution >= 0.6 is 0 Å². The van der Waals surface area contributed by atoms with Crippen LogP contribution in [0.5, 0.6) is 0 Å². The van der Waals surface area contributed by atoms with Crippen LogP contribution in [0.4, 0.5) is 0 Å². The van der Waals surface area contributed by atoms with Crippen molar-refractivity contribution in [2.75, 3.05) is 13.1 Å². The van der Waals surface area contributed by atoms with Gasteiger partial charge in [0.2, 0.25) is 5.91 Å². The fourth-order valence-corrected chi connectivity index (χ4v) is 2.01. The molecule has 6 heteroatoms. The zero-order valence-corrected chi connectivity index (χ0v) is 10.0. The molecule has 0 saturated carbocycles. The molecule has 1 aromatic rings. The molecule has 1 unspecified atom stereocenters. The van der Waals surface area contributed by atoms with Crippen molar-refractivity contribution < 1.29 is 14.0 Å². The normalized spacial score (nSPS) is 19.5. The highest BCUT2D eigenvalue weighted by molar-refractivity contribution is 5.97. The second kappa shape index (κ2) is 5.03. The molecule has 1 aliphatic heterocycles. The van der Waals surface area contributed by atoms with Gasteiger partial charge in [-0.1, -0.05) is 6.92 Å². The Hall–Kier alpha value is -2.11. The van der Waals surface area contributed by atoms with Crippen LogP contribution in [0.1, 0.15) is 23.7 Å². The van der Waals surface area contributed by atoms with E-state index in [0.717, 1.165) is 6.26 Å². The number of amides is 2. The van der Waals surface area contributed by atoms with Gasteiger partial charge in [-0.05, 0) is 12.5 Å². The Balaban J connectivity index is 2.24. The number of hydrogen-bond acceptors (Lipinski definition) is 4. The Morgan fingerprint density at radius 2 is 2.28 bits per heavy atom. The first kappa shape index (κ1) is 12.3. The summed E-state index contributed by atoms with van der Waals surface area (Å²) >= 11 is 0. The summed E-state index contributed by atoms with van der Waals surface area (Å²) in [4.78, 5) is 36.2. The molecule has 2 rings (SSSR count). The summed E-state index contributed by atoms with van der Waals surface area (Å²) in [7, 11) is 0. The van der Waals surface area contributed by atoms with Crippen molar-refractivity contribution in [3.05, 3.63) is 34.4 Å². The average molecular weight is 250 g/mol. The molecule has 1 N–H and O–H groups in total. The lowest BCUT2D eigenvalue weighted by molar-refractivity contribution is -0.127. The smallest absolute Gasteiger partial charge is 0.335 e. The maximum Gasteiger partial charge on any atom is 0.335 e. The summed E-state index contributed by atoms with van der Waals surface area (Å²) in [5.41, 5.74) is -0.224. The standard InChI is InChI=1S/C12H14N2O4/c1-2-9-11(16)13-5-6-14(9)12(17)8-3-4-10(15)18-7-8/h3-4,7,9H,2,5-6H2,1H3,(H,13,16). The SMILES string of the molecule is CCC1C(=O)NCCN1C(=O)c1ccc(=O)oc1. The zero-order valence-electron chi connectivity index (χ0n) is 10.0. The fraction of sp³-hybridized carbons (Fsp3) is 0.417. The molecule has 0 spiro atoms. The highest BCUT2D eigenvalue weighted by Crippen LogP contribution is 2.12. The minimum absolute atomic E-state index is 0.144. The van der Waals surface area contributed by atoms with Gasteiger partial charge in [-0.15, -0.1) is 0 Å². The minimum atomic E-state index is -0.505. The van der Waals surface area contributed by atoms with Crippen molar-refractivity contribution in [2.45, 2.75) is 19.4 Å². The maximum absolute atomic E-state index is 12.2. The molecule has 0 aromatic carbocycles. The monoisotopic (exact) mass is 250 g/mol. The molecule has 1 aliphatic rings. The molecule has 96 valence electrons. The molecule has 2 heterocycles. The van der Waals surface area contributed by atoms with Gasteiger partial charge in [0.1, 0.15) is 12.3 Å². The van der Waals surface area contributed by atoms with Crippen LogP contribution in [0, 0.1) is 0 Å². The molecular weight excluding hydrogens is 236 g/mol. The summed E-state index contributed by atoms with van der Waals surface area (Å²) in [6.07, 6.45) is 1.68. The Morgan fingerprint density at radius 3 is 2.89 bits per heavy atom. The van der Waals surface area contributed by atoms with Crippen molar-refractivity contribution >= 4 is 11.8 Å². The van der Waals surface area contributed by atoms with Gasteiger partial charge >= 0.3 is 5.63 Å². The van der Waals surface area contributed by atoms with Crippen molar-refractivity contribution in [1.82, 2.24) is 10.2 Å². The van der Waals surface area contributed by atoms with Gasteiger partial charge < -0.3 is 14.6 Å². The van der Waals surface area contributed by atoms with E-state index in [1.165, 1.54) is 17.0 Å². The van der Waals surface area contributed by atoms with Crippen LogP contribution in [0.25, 0.3) is 0 Å². The Labute approximate surface area is 104 Å². The molecule has 1 atom stereocenters. The average Bonchev–Trinajstić information content (AvgIpc) is 2.38. The Morgan fingerprint density at radius 1 is 1.50 bits per heavy atom. The zero-order chi connectivity index (χ0) is 13.1. The third kappa shape index (κ3) is 2.27. The quantitative estimate of drug-likeness (QED) is 0.800. The minimum Gasteiger partial charge on any atom is -0.430 e. The van der Waals surface area contributed by atoms with Crippen LogP contribution in [0.3, 0.4) is 0 Å². The van der Waals surface area contributed by atoms with Gasteiger partial charge in [-0.3, -0.25) is 9.59 Å².